The molecule has 6 heteroatoms. The van der Waals surface area contributed by atoms with Gasteiger partial charge in [0.1, 0.15) is 12.1 Å². The van der Waals surface area contributed by atoms with Gasteiger partial charge in [-0.2, -0.15) is 5.10 Å². The van der Waals surface area contributed by atoms with E-state index in [-0.39, 0.29) is 0 Å². The van der Waals surface area contributed by atoms with Crippen LogP contribution in [0.15, 0.2) is 36.8 Å². The lowest BCUT2D eigenvalue weighted by Gasteiger charge is -2.27. The summed E-state index contributed by atoms with van der Waals surface area (Å²) in [6.45, 7) is 5.27. The minimum absolute atomic E-state index is 0.739. The van der Waals surface area contributed by atoms with Crippen LogP contribution in [-0.2, 0) is 4.74 Å². The minimum Gasteiger partial charge on any atom is -0.378 e. The zero-order chi connectivity index (χ0) is 14.9. The highest BCUT2D eigenvalue weighted by Crippen LogP contribution is 2.20. The van der Waals surface area contributed by atoms with E-state index in [4.69, 9.17) is 4.74 Å². The van der Waals surface area contributed by atoms with Crippen LogP contribution in [-0.4, -0.2) is 46.1 Å². The fraction of sp³-hybridized carbons (Fsp3) is 0.312. The molecule has 3 aromatic rings. The maximum Gasteiger partial charge on any atom is 0.159 e. The number of morpholine rings is 1. The SMILES string of the molecule is Cc1ccc2cnn(-c3cc(N4CCOCC4)ncn3)c2c1. The lowest BCUT2D eigenvalue weighted by molar-refractivity contribution is 0.122. The second kappa shape index (κ2) is 5.38. The normalized spacial score (nSPS) is 15.4. The van der Waals surface area contributed by atoms with Gasteiger partial charge in [0.2, 0.25) is 0 Å². The molecule has 0 N–H and O–H groups in total. The fourth-order valence-corrected chi connectivity index (χ4v) is 2.73. The predicted octanol–water partition coefficient (Wildman–Crippen LogP) is 1.96. The van der Waals surface area contributed by atoms with Crippen LogP contribution < -0.4 is 4.90 Å². The molecule has 1 aliphatic heterocycles. The van der Waals surface area contributed by atoms with Crippen LogP contribution in [0.4, 0.5) is 5.82 Å². The number of hydrogen-bond acceptors (Lipinski definition) is 5. The molecule has 3 heterocycles. The maximum atomic E-state index is 5.39. The third-order valence-corrected chi connectivity index (χ3v) is 3.92. The molecule has 0 radical (unpaired) electrons. The molecule has 6 nitrogen and oxygen atoms in total. The molecule has 0 amide bonds. The predicted molar refractivity (Wildman–Crippen MR) is 84.4 cm³/mol. The molecule has 0 bridgehead atoms. The van der Waals surface area contributed by atoms with Crippen molar-refractivity contribution in [2.45, 2.75) is 6.92 Å². The van der Waals surface area contributed by atoms with Gasteiger partial charge in [0, 0.05) is 24.5 Å². The van der Waals surface area contributed by atoms with Crippen molar-refractivity contribution in [2.24, 2.45) is 0 Å². The van der Waals surface area contributed by atoms with E-state index in [1.165, 1.54) is 5.56 Å². The average Bonchev–Trinajstić information content (AvgIpc) is 2.99. The number of rotatable bonds is 2. The van der Waals surface area contributed by atoms with E-state index in [2.05, 4.69) is 45.1 Å². The Morgan fingerprint density at radius 3 is 2.73 bits per heavy atom. The highest BCUT2D eigenvalue weighted by atomic mass is 16.5. The molecule has 112 valence electrons. The Morgan fingerprint density at radius 2 is 1.86 bits per heavy atom. The van der Waals surface area contributed by atoms with Gasteiger partial charge in [-0.05, 0) is 18.6 Å². The molecule has 22 heavy (non-hydrogen) atoms. The Kier molecular flexibility index (Phi) is 3.23. The Morgan fingerprint density at radius 1 is 1.05 bits per heavy atom. The second-order valence-electron chi connectivity index (χ2n) is 5.45. The second-order valence-corrected chi connectivity index (χ2v) is 5.45. The molecule has 1 aliphatic rings. The van der Waals surface area contributed by atoms with Gasteiger partial charge in [-0.1, -0.05) is 12.1 Å². The summed E-state index contributed by atoms with van der Waals surface area (Å²) in [5, 5.41) is 5.58. The molecule has 4 rings (SSSR count). The lowest BCUT2D eigenvalue weighted by atomic mass is 10.2. The van der Waals surface area contributed by atoms with Crippen LogP contribution in [0, 0.1) is 6.92 Å². The van der Waals surface area contributed by atoms with Crippen molar-refractivity contribution in [1.82, 2.24) is 19.7 Å². The highest BCUT2D eigenvalue weighted by molar-refractivity contribution is 5.80. The van der Waals surface area contributed by atoms with Gasteiger partial charge < -0.3 is 9.64 Å². The Labute approximate surface area is 128 Å². The van der Waals surface area contributed by atoms with Gasteiger partial charge in [-0.15, -0.1) is 0 Å². The molecule has 1 saturated heterocycles. The smallest absolute Gasteiger partial charge is 0.159 e. The standard InChI is InChI=1S/C16H17N5O/c1-12-2-3-13-10-19-21(14(13)8-12)16-9-15(17-11-18-16)20-4-6-22-7-5-20/h2-3,8-11H,4-7H2,1H3. The number of ether oxygens (including phenoxy) is 1. The van der Waals surface area contributed by atoms with Crippen molar-refractivity contribution in [3.63, 3.8) is 0 Å². The molecule has 2 aromatic heterocycles. The number of fused-ring (bicyclic) bond motifs is 1. The quantitative estimate of drug-likeness (QED) is 0.723. The summed E-state index contributed by atoms with van der Waals surface area (Å²) >= 11 is 0. The Hall–Kier alpha value is -2.47. The number of benzene rings is 1. The van der Waals surface area contributed by atoms with E-state index >= 15 is 0 Å². The van der Waals surface area contributed by atoms with Crippen LogP contribution in [0.1, 0.15) is 5.56 Å². The highest BCUT2D eigenvalue weighted by Gasteiger charge is 2.14. The van der Waals surface area contributed by atoms with E-state index in [0.717, 1.165) is 48.8 Å². The van der Waals surface area contributed by atoms with Crippen LogP contribution in [0.5, 0.6) is 0 Å². The van der Waals surface area contributed by atoms with Crippen LogP contribution in [0.25, 0.3) is 16.7 Å². The van der Waals surface area contributed by atoms with E-state index in [0.29, 0.717) is 0 Å². The monoisotopic (exact) mass is 295 g/mol. The van der Waals surface area contributed by atoms with E-state index < -0.39 is 0 Å². The summed E-state index contributed by atoms with van der Waals surface area (Å²) in [6.07, 6.45) is 3.47. The lowest BCUT2D eigenvalue weighted by Crippen LogP contribution is -2.36. The molecule has 1 fully saturated rings. The van der Waals surface area contributed by atoms with Crippen molar-refractivity contribution in [3.05, 3.63) is 42.4 Å². The first-order valence-electron chi connectivity index (χ1n) is 7.41. The maximum absolute atomic E-state index is 5.39. The van der Waals surface area contributed by atoms with Crippen LogP contribution >= 0.6 is 0 Å². The first-order chi connectivity index (χ1) is 10.8. The summed E-state index contributed by atoms with van der Waals surface area (Å²) < 4.78 is 7.26. The molecule has 0 unspecified atom stereocenters. The van der Waals surface area contributed by atoms with Gasteiger partial charge in [-0.3, -0.25) is 0 Å². The summed E-state index contributed by atoms with van der Waals surface area (Å²) in [5.41, 5.74) is 2.27. The van der Waals surface area contributed by atoms with Gasteiger partial charge in [0.15, 0.2) is 5.82 Å². The molecule has 1 aromatic carbocycles. The van der Waals surface area contributed by atoms with E-state index in [1.54, 1.807) is 6.33 Å². The fourth-order valence-electron chi connectivity index (χ4n) is 2.73. The minimum atomic E-state index is 0.739. The summed E-state index contributed by atoms with van der Waals surface area (Å²) in [7, 11) is 0. The topological polar surface area (TPSA) is 56.1 Å². The number of anilines is 1. The first kappa shape index (κ1) is 13.2. The molecular weight excluding hydrogens is 278 g/mol. The summed E-state index contributed by atoms with van der Waals surface area (Å²) in [4.78, 5) is 11.0. The zero-order valence-electron chi connectivity index (χ0n) is 12.4. The van der Waals surface area contributed by atoms with E-state index in [1.807, 2.05) is 16.9 Å². The first-order valence-corrected chi connectivity index (χ1v) is 7.41. The third kappa shape index (κ3) is 2.31. The zero-order valence-corrected chi connectivity index (χ0v) is 12.4. The van der Waals surface area contributed by atoms with Crippen molar-refractivity contribution in [3.8, 4) is 5.82 Å². The van der Waals surface area contributed by atoms with Gasteiger partial charge >= 0.3 is 0 Å². The van der Waals surface area contributed by atoms with Crippen LogP contribution in [0.2, 0.25) is 0 Å². The van der Waals surface area contributed by atoms with Crippen molar-refractivity contribution < 1.29 is 4.74 Å². The summed E-state index contributed by atoms with van der Waals surface area (Å²) in [5.74, 6) is 1.71. The molecule has 0 aliphatic carbocycles. The molecule has 0 saturated carbocycles. The molecular formula is C16H17N5O. The third-order valence-electron chi connectivity index (χ3n) is 3.92. The van der Waals surface area contributed by atoms with E-state index in [9.17, 15) is 0 Å². The van der Waals surface area contributed by atoms with Gasteiger partial charge in [0.05, 0.1) is 24.9 Å². The van der Waals surface area contributed by atoms with Gasteiger partial charge in [0.25, 0.3) is 0 Å². The number of hydrogen-bond donors (Lipinski definition) is 0. The Balaban J connectivity index is 1.76. The number of aromatic nitrogens is 4. The summed E-state index contributed by atoms with van der Waals surface area (Å²) in [6, 6.07) is 8.28. The largest absolute Gasteiger partial charge is 0.378 e. The number of aryl methyl sites for hydroxylation is 1. The van der Waals surface area contributed by atoms with Crippen molar-refractivity contribution in [2.75, 3.05) is 31.2 Å². The van der Waals surface area contributed by atoms with Crippen LogP contribution in [0.3, 0.4) is 0 Å². The molecule has 0 spiro atoms. The van der Waals surface area contributed by atoms with Crippen molar-refractivity contribution >= 4 is 16.7 Å². The molecule has 0 atom stereocenters. The van der Waals surface area contributed by atoms with Crippen molar-refractivity contribution in [1.29, 1.82) is 0 Å². The average molecular weight is 295 g/mol. The Bertz CT molecular complexity index is 807. The van der Waals surface area contributed by atoms with Gasteiger partial charge in [-0.25, -0.2) is 14.6 Å². The number of nitrogens with zero attached hydrogens (tertiary/aromatic N) is 5.